The Kier molecular flexibility index (Phi) is 8.33. The zero-order valence-corrected chi connectivity index (χ0v) is 21.8. The molecule has 0 saturated carbocycles. The van der Waals surface area contributed by atoms with Gasteiger partial charge in [-0.25, -0.2) is 0 Å². The first-order valence-electron chi connectivity index (χ1n) is 11.7. The highest BCUT2D eigenvalue weighted by atomic mass is 79.9. The maximum Gasteiger partial charge on any atom is 0.250 e. The minimum Gasteiger partial charge on any atom is -0.497 e. The Bertz CT molecular complexity index is 1290. The third kappa shape index (κ3) is 6.29. The van der Waals surface area contributed by atoms with Crippen LogP contribution in [0, 0.1) is 0 Å². The molecule has 4 rings (SSSR count). The third-order valence-electron chi connectivity index (χ3n) is 6.06. The Balaban J connectivity index is 1.60. The summed E-state index contributed by atoms with van der Waals surface area (Å²) in [5.41, 5.74) is 4.18. The Labute approximate surface area is 219 Å². The summed E-state index contributed by atoms with van der Waals surface area (Å²) >= 11 is 3.47. The van der Waals surface area contributed by atoms with Gasteiger partial charge in [-0.15, -0.1) is 0 Å². The molecule has 0 aromatic heterocycles. The van der Waals surface area contributed by atoms with Crippen LogP contribution in [0.4, 0.5) is 0 Å². The number of carbonyl (C=O) groups is 2. The van der Waals surface area contributed by atoms with Crippen molar-refractivity contribution in [1.29, 1.82) is 0 Å². The molecule has 1 aliphatic rings. The number of aliphatic imine (C=N–C) groups is 1. The van der Waals surface area contributed by atoms with E-state index in [0.29, 0.717) is 18.4 Å². The average Bonchev–Trinajstić information content (AvgIpc) is 3.32. The van der Waals surface area contributed by atoms with Gasteiger partial charge < -0.3 is 15.4 Å². The fraction of sp³-hybridized carbons (Fsp3) is 0.207. The van der Waals surface area contributed by atoms with Gasteiger partial charge in [-0.1, -0.05) is 58.4 Å². The lowest BCUT2D eigenvalue weighted by Crippen LogP contribution is -2.48. The summed E-state index contributed by atoms with van der Waals surface area (Å²) in [5, 5.41) is 5.62. The number of likely N-dealkylation sites (N-methyl/N-ethyl adjacent to an activating group) is 1. The van der Waals surface area contributed by atoms with Crippen molar-refractivity contribution in [2.75, 3.05) is 14.2 Å². The number of hydrogen-bond acceptors (Lipinski definition) is 4. The molecule has 2 atom stereocenters. The molecule has 3 aromatic carbocycles. The van der Waals surface area contributed by atoms with Gasteiger partial charge >= 0.3 is 0 Å². The van der Waals surface area contributed by atoms with E-state index in [1.54, 1.807) is 14.2 Å². The van der Waals surface area contributed by atoms with Crippen LogP contribution < -0.4 is 15.4 Å². The molecule has 1 aliphatic heterocycles. The van der Waals surface area contributed by atoms with Gasteiger partial charge in [0, 0.05) is 23.5 Å². The second-order valence-corrected chi connectivity index (χ2v) is 9.44. The summed E-state index contributed by atoms with van der Waals surface area (Å²) in [6, 6.07) is 24.2. The molecule has 1 unspecified atom stereocenters. The highest BCUT2D eigenvalue weighted by Gasteiger charge is 2.30. The molecule has 0 spiro atoms. The maximum atomic E-state index is 13.5. The van der Waals surface area contributed by atoms with Crippen molar-refractivity contribution in [3.05, 3.63) is 112 Å². The number of amides is 2. The number of hydrogen-bond donors (Lipinski definition) is 2. The van der Waals surface area contributed by atoms with Crippen molar-refractivity contribution >= 4 is 33.5 Å². The monoisotopic (exact) mass is 545 g/mol. The lowest BCUT2D eigenvalue weighted by Gasteiger charge is -2.20. The quantitative estimate of drug-likeness (QED) is 0.421. The predicted molar refractivity (Wildman–Crippen MR) is 145 cm³/mol. The lowest BCUT2D eigenvalue weighted by atomic mass is 9.98. The van der Waals surface area contributed by atoms with Gasteiger partial charge in [0.25, 0.3) is 0 Å². The van der Waals surface area contributed by atoms with Crippen LogP contribution in [0.15, 0.2) is 100.0 Å². The van der Waals surface area contributed by atoms with E-state index >= 15 is 0 Å². The van der Waals surface area contributed by atoms with Crippen LogP contribution in [-0.2, 0) is 22.4 Å². The molecule has 0 radical (unpaired) electrons. The smallest absolute Gasteiger partial charge is 0.250 e. The van der Waals surface area contributed by atoms with Crippen molar-refractivity contribution in [3.63, 3.8) is 0 Å². The molecule has 1 heterocycles. The summed E-state index contributed by atoms with van der Waals surface area (Å²) in [7, 11) is 3.19. The van der Waals surface area contributed by atoms with E-state index in [2.05, 4.69) is 26.6 Å². The van der Waals surface area contributed by atoms with Crippen molar-refractivity contribution in [3.8, 4) is 5.75 Å². The van der Waals surface area contributed by atoms with Crippen molar-refractivity contribution < 1.29 is 14.3 Å². The lowest BCUT2D eigenvalue weighted by molar-refractivity contribution is -0.127. The highest BCUT2D eigenvalue weighted by Crippen LogP contribution is 2.24. The first kappa shape index (κ1) is 25.4. The Morgan fingerprint density at radius 1 is 1.00 bits per heavy atom. The van der Waals surface area contributed by atoms with Gasteiger partial charge in [0.15, 0.2) is 0 Å². The SMILES string of the molecule is CNC(=O)[C@H](Cc1cccc(Br)c1)NC(=O)C1=CC(c2ccc(OC)cc2)=NC1Cc1ccccc1. The van der Waals surface area contributed by atoms with Gasteiger partial charge in [0.2, 0.25) is 11.8 Å². The van der Waals surface area contributed by atoms with Crippen LogP contribution in [0.3, 0.4) is 0 Å². The summed E-state index contributed by atoms with van der Waals surface area (Å²) in [4.78, 5) is 31.1. The van der Waals surface area contributed by atoms with Gasteiger partial charge in [-0.3, -0.25) is 14.6 Å². The molecular formula is C29H28BrN3O3. The van der Waals surface area contributed by atoms with E-state index in [9.17, 15) is 9.59 Å². The number of methoxy groups -OCH3 is 1. The van der Waals surface area contributed by atoms with Crippen molar-refractivity contribution in [2.45, 2.75) is 24.9 Å². The fourth-order valence-corrected chi connectivity index (χ4v) is 4.62. The predicted octanol–water partition coefficient (Wildman–Crippen LogP) is 4.27. The zero-order valence-electron chi connectivity index (χ0n) is 20.2. The van der Waals surface area contributed by atoms with Gasteiger partial charge in [0.1, 0.15) is 11.8 Å². The number of halogens is 1. The molecule has 184 valence electrons. The summed E-state index contributed by atoms with van der Waals surface area (Å²) in [6.45, 7) is 0. The van der Waals surface area contributed by atoms with E-state index in [1.165, 1.54) is 0 Å². The molecule has 0 saturated heterocycles. The van der Waals surface area contributed by atoms with Gasteiger partial charge in [-0.05, 0) is 65.6 Å². The summed E-state index contributed by atoms with van der Waals surface area (Å²) < 4.78 is 6.18. The fourth-order valence-electron chi connectivity index (χ4n) is 4.17. The number of allylic oxidation sites excluding steroid dienone is 1. The largest absolute Gasteiger partial charge is 0.497 e. The third-order valence-corrected chi connectivity index (χ3v) is 6.56. The number of nitrogens with zero attached hydrogens (tertiary/aromatic N) is 1. The Morgan fingerprint density at radius 3 is 2.39 bits per heavy atom. The number of benzene rings is 3. The van der Waals surface area contributed by atoms with Crippen LogP contribution in [0.25, 0.3) is 0 Å². The second-order valence-electron chi connectivity index (χ2n) is 8.52. The minimum absolute atomic E-state index is 0.252. The number of nitrogens with one attached hydrogen (secondary N) is 2. The molecule has 3 aromatic rings. The van der Waals surface area contributed by atoms with E-state index in [1.807, 2.05) is 84.9 Å². The van der Waals surface area contributed by atoms with Crippen LogP contribution in [0.2, 0.25) is 0 Å². The Morgan fingerprint density at radius 2 is 1.72 bits per heavy atom. The van der Waals surface area contributed by atoms with Gasteiger partial charge in [0.05, 0.1) is 18.9 Å². The molecule has 36 heavy (non-hydrogen) atoms. The van der Waals surface area contributed by atoms with E-state index in [4.69, 9.17) is 9.73 Å². The maximum absolute atomic E-state index is 13.5. The molecular weight excluding hydrogens is 518 g/mol. The van der Waals surface area contributed by atoms with Crippen LogP contribution in [-0.4, -0.2) is 43.8 Å². The highest BCUT2D eigenvalue weighted by molar-refractivity contribution is 9.10. The molecule has 0 aliphatic carbocycles. The molecule has 0 fully saturated rings. The molecule has 6 nitrogen and oxygen atoms in total. The Hall–Kier alpha value is -3.71. The molecule has 0 bridgehead atoms. The average molecular weight is 546 g/mol. The zero-order chi connectivity index (χ0) is 25.5. The van der Waals surface area contributed by atoms with Crippen LogP contribution >= 0.6 is 15.9 Å². The molecule has 2 N–H and O–H groups in total. The minimum atomic E-state index is -0.722. The summed E-state index contributed by atoms with van der Waals surface area (Å²) in [6.07, 6.45) is 2.77. The number of rotatable bonds is 9. The van der Waals surface area contributed by atoms with Crippen LogP contribution in [0.5, 0.6) is 5.75 Å². The van der Waals surface area contributed by atoms with Crippen molar-refractivity contribution in [2.24, 2.45) is 4.99 Å². The molecule has 2 amide bonds. The molecule has 7 heteroatoms. The van der Waals surface area contributed by atoms with E-state index in [0.717, 1.165) is 32.6 Å². The van der Waals surface area contributed by atoms with Crippen molar-refractivity contribution in [1.82, 2.24) is 10.6 Å². The second kappa shape index (κ2) is 11.8. The summed E-state index contributed by atoms with van der Waals surface area (Å²) in [5.74, 6) is 0.200. The normalized spacial score (nSPS) is 15.5. The first-order chi connectivity index (χ1) is 17.5. The number of ether oxygens (including phenoxy) is 1. The topological polar surface area (TPSA) is 79.8 Å². The van der Waals surface area contributed by atoms with Crippen LogP contribution in [0.1, 0.15) is 16.7 Å². The van der Waals surface area contributed by atoms with Gasteiger partial charge in [-0.2, -0.15) is 0 Å². The van der Waals surface area contributed by atoms with E-state index in [-0.39, 0.29) is 17.9 Å². The number of carbonyl (C=O) groups excluding carboxylic acids is 2. The first-order valence-corrected chi connectivity index (χ1v) is 12.5. The standard InChI is InChI=1S/C29H28BrN3O3/c1-31-29(35)27(17-20-9-6-10-22(30)15-20)33-28(34)24-18-25(21-11-13-23(36-2)14-12-21)32-26(24)16-19-7-4-3-5-8-19/h3-15,18,26-27H,16-17H2,1-2H3,(H,31,35)(H,33,34)/t26?,27-/m0/s1. The van der Waals surface area contributed by atoms with E-state index < -0.39 is 6.04 Å².